The van der Waals surface area contributed by atoms with Gasteiger partial charge in [0.25, 0.3) is 0 Å². The van der Waals surface area contributed by atoms with Crippen molar-refractivity contribution in [2.75, 3.05) is 12.5 Å². The minimum Gasteiger partial charge on any atom is -0.454 e. The number of hydrogen-bond acceptors (Lipinski definition) is 4. The van der Waals surface area contributed by atoms with E-state index in [0.717, 1.165) is 22.8 Å². The van der Waals surface area contributed by atoms with Crippen molar-refractivity contribution in [2.45, 2.75) is 19.2 Å². The number of ether oxygens (including phenoxy) is 2. The first kappa shape index (κ1) is 15.7. The fourth-order valence-electron chi connectivity index (χ4n) is 2.37. The molecule has 1 aliphatic heterocycles. The molecule has 120 valence electrons. The Balaban J connectivity index is 1.41. The molecule has 0 aromatic heterocycles. The SMILES string of the molecule is Cc1cccc(CSCC(=O)NCc2ccc3c(c2)OCO3)c1. The third-order valence-corrected chi connectivity index (χ3v) is 4.51. The van der Waals surface area contributed by atoms with E-state index in [1.807, 2.05) is 24.3 Å². The second-order valence-electron chi connectivity index (χ2n) is 5.45. The second kappa shape index (κ2) is 7.42. The van der Waals surface area contributed by atoms with E-state index in [1.165, 1.54) is 11.1 Å². The van der Waals surface area contributed by atoms with Crippen molar-refractivity contribution in [3.05, 3.63) is 59.2 Å². The van der Waals surface area contributed by atoms with Crippen LogP contribution in [0.2, 0.25) is 0 Å². The molecule has 0 fully saturated rings. The van der Waals surface area contributed by atoms with Gasteiger partial charge in [0.15, 0.2) is 11.5 Å². The zero-order valence-electron chi connectivity index (χ0n) is 13.0. The van der Waals surface area contributed by atoms with Crippen molar-refractivity contribution in [1.29, 1.82) is 0 Å². The predicted octanol–water partition coefficient (Wildman–Crippen LogP) is 3.27. The number of rotatable bonds is 6. The smallest absolute Gasteiger partial charge is 0.231 e. The average Bonchev–Trinajstić information content (AvgIpc) is 3.00. The zero-order valence-corrected chi connectivity index (χ0v) is 13.8. The zero-order chi connectivity index (χ0) is 16.1. The molecule has 4 nitrogen and oxygen atoms in total. The van der Waals surface area contributed by atoms with Gasteiger partial charge in [0.2, 0.25) is 12.7 Å². The standard InChI is InChI=1S/C18H19NO3S/c1-13-3-2-4-15(7-13)10-23-11-18(20)19-9-14-5-6-16-17(8-14)22-12-21-16/h2-8H,9-12H2,1H3,(H,19,20). The van der Waals surface area contributed by atoms with Crippen LogP contribution in [-0.2, 0) is 17.1 Å². The quantitative estimate of drug-likeness (QED) is 0.883. The van der Waals surface area contributed by atoms with Crippen molar-refractivity contribution < 1.29 is 14.3 Å². The molecule has 1 aliphatic rings. The van der Waals surface area contributed by atoms with Crippen LogP contribution in [0.5, 0.6) is 11.5 Å². The summed E-state index contributed by atoms with van der Waals surface area (Å²) < 4.78 is 10.6. The molecule has 0 saturated heterocycles. The fourth-order valence-corrected chi connectivity index (χ4v) is 3.17. The van der Waals surface area contributed by atoms with Gasteiger partial charge in [-0.2, -0.15) is 0 Å². The Kier molecular flexibility index (Phi) is 5.08. The third-order valence-electron chi connectivity index (χ3n) is 3.51. The van der Waals surface area contributed by atoms with Crippen molar-refractivity contribution in [1.82, 2.24) is 5.32 Å². The Bertz CT molecular complexity index is 702. The Labute approximate surface area is 140 Å². The number of hydrogen-bond donors (Lipinski definition) is 1. The van der Waals surface area contributed by atoms with Gasteiger partial charge in [0.1, 0.15) is 0 Å². The Morgan fingerprint density at radius 1 is 1.13 bits per heavy atom. The highest BCUT2D eigenvalue weighted by Gasteiger charge is 2.13. The lowest BCUT2D eigenvalue weighted by atomic mass is 10.2. The summed E-state index contributed by atoms with van der Waals surface area (Å²) in [5.74, 6) is 2.84. The van der Waals surface area contributed by atoms with Crippen LogP contribution in [0.4, 0.5) is 0 Å². The van der Waals surface area contributed by atoms with E-state index < -0.39 is 0 Å². The van der Waals surface area contributed by atoms with E-state index in [1.54, 1.807) is 11.8 Å². The Morgan fingerprint density at radius 2 is 2.00 bits per heavy atom. The van der Waals surface area contributed by atoms with E-state index in [2.05, 4.69) is 30.4 Å². The van der Waals surface area contributed by atoms with Crippen LogP contribution in [0, 0.1) is 6.92 Å². The van der Waals surface area contributed by atoms with Crippen LogP contribution in [-0.4, -0.2) is 18.5 Å². The molecule has 0 atom stereocenters. The van der Waals surface area contributed by atoms with Crippen molar-refractivity contribution in [3.8, 4) is 11.5 Å². The molecule has 1 heterocycles. The molecule has 23 heavy (non-hydrogen) atoms. The minimum atomic E-state index is 0.0420. The van der Waals surface area contributed by atoms with E-state index in [9.17, 15) is 4.79 Å². The van der Waals surface area contributed by atoms with Gasteiger partial charge in [-0.05, 0) is 30.2 Å². The van der Waals surface area contributed by atoms with Gasteiger partial charge in [0.05, 0.1) is 5.75 Å². The van der Waals surface area contributed by atoms with Gasteiger partial charge >= 0.3 is 0 Å². The Hall–Kier alpha value is -2.14. The summed E-state index contributed by atoms with van der Waals surface area (Å²) in [4.78, 5) is 11.9. The number of thioether (sulfide) groups is 1. The second-order valence-corrected chi connectivity index (χ2v) is 6.43. The highest BCUT2D eigenvalue weighted by molar-refractivity contribution is 7.99. The van der Waals surface area contributed by atoms with Gasteiger partial charge < -0.3 is 14.8 Å². The Morgan fingerprint density at radius 3 is 2.87 bits per heavy atom. The van der Waals surface area contributed by atoms with Crippen molar-refractivity contribution in [3.63, 3.8) is 0 Å². The summed E-state index contributed by atoms with van der Waals surface area (Å²) in [7, 11) is 0. The van der Waals surface area contributed by atoms with Crippen LogP contribution >= 0.6 is 11.8 Å². The van der Waals surface area contributed by atoms with E-state index in [4.69, 9.17) is 9.47 Å². The number of carbonyl (C=O) groups is 1. The molecular formula is C18H19NO3S. The van der Waals surface area contributed by atoms with Gasteiger partial charge in [-0.25, -0.2) is 0 Å². The monoisotopic (exact) mass is 329 g/mol. The number of aryl methyl sites for hydroxylation is 1. The molecule has 0 spiro atoms. The summed E-state index contributed by atoms with van der Waals surface area (Å²) in [6.45, 7) is 2.84. The third kappa shape index (κ3) is 4.42. The number of nitrogens with one attached hydrogen (secondary N) is 1. The molecule has 0 saturated carbocycles. The van der Waals surface area contributed by atoms with Crippen molar-refractivity contribution in [2.24, 2.45) is 0 Å². The largest absolute Gasteiger partial charge is 0.454 e. The first-order valence-electron chi connectivity index (χ1n) is 7.49. The first-order valence-corrected chi connectivity index (χ1v) is 8.65. The number of fused-ring (bicyclic) bond motifs is 1. The fraction of sp³-hybridized carbons (Fsp3) is 0.278. The van der Waals surface area contributed by atoms with E-state index in [-0.39, 0.29) is 12.7 Å². The molecule has 2 aromatic rings. The van der Waals surface area contributed by atoms with Gasteiger partial charge in [-0.15, -0.1) is 11.8 Å². The summed E-state index contributed by atoms with van der Waals surface area (Å²) >= 11 is 1.62. The molecule has 0 radical (unpaired) electrons. The van der Waals surface area contributed by atoms with Crippen LogP contribution < -0.4 is 14.8 Å². The molecular weight excluding hydrogens is 310 g/mol. The van der Waals surface area contributed by atoms with Crippen LogP contribution in [0.15, 0.2) is 42.5 Å². The average molecular weight is 329 g/mol. The summed E-state index contributed by atoms with van der Waals surface area (Å²) in [5, 5.41) is 2.93. The topological polar surface area (TPSA) is 47.6 Å². The minimum absolute atomic E-state index is 0.0420. The molecule has 0 bridgehead atoms. The molecule has 1 amide bonds. The first-order chi connectivity index (χ1) is 11.2. The number of benzene rings is 2. The van der Waals surface area contributed by atoms with Crippen molar-refractivity contribution >= 4 is 17.7 Å². The summed E-state index contributed by atoms with van der Waals surface area (Å²) in [5.41, 5.74) is 3.50. The highest BCUT2D eigenvalue weighted by atomic mass is 32.2. The number of amides is 1. The summed E-state index contributed by atoms with van der Waals surface area (Å²) in [6, 6.07) is 14.1. The lowest BCUT2D eigenvalue weighted by Crippen LogP contribution is -2.24. The molecule has 1 N–H and O–H groups in total. The molecule has 3 rings (SSSR count). The van der Waals surface area contributed by atoms with Crippen LogP contribution in [0.1, 0.15) is 16.7 Å². The maximum atomic E-state index is 11.9. The summed E-state index contributed by atoms with van der Waals surface area (Å²) in [6.07, 6.45) is 0. The van der Waals surface area contributed by atoms with E-state index in [0.29, 0.717) is 12.3 Å². The molecule has 2 aromatic carbocycles. The lowest BCUT2D eigenvalue weighted by Gasteiger charge is -2.07. The molecule has 0 aliphatic carbocycles. The van der Waals surface area contributed by atoms with Crippen LogP contribution in [0.3, 0.4) is 0 Å². The molecule has 0 unspecified atom stereocenters. The van der Waals surface area contributed by atoms with Gasteiger partial charge in [-0.3, -0.25) is 4.79 Å². The maximum Gasteiger partial charge on any atom is 0.231 e. The van der Waals surface area contributed by atoms with Crippen LogP contribution in [0.25, 0.3) is 0 Å². The lowest BCUT2D eigenvalue weighted by molar-refractivity contribution is -0.118. The highest BCUT2D eigenvalue weighted by Crippen LogP contribution is 2.32. The van der Waals surface area contributed by atoms with Gasteiger partial charge in [0, 0.05) is 12.3 Å². The predicted molar refractivity (Wildman–Crippen MR) is 91.8 cm³/mol. The van der Waals surface area contributed by atoms with E-state index >= 15 is 0 Å². The maximum absolute atomic E-state index is 11.9. The normalized spacial score (nSPS) is 12.2. The number of carbonyl (C=O) groups excluding carboxylic acids is 1. The van der Waals surface area contributed by atoms with Gasteiger partial charge in [-0.1, -0.05) is 35.9 Å². The molecule has 5 heteroatoms.